The molecule has 2 amide bonds. The minimum absolute atomic E-state index is 0.0105. The zero-order valence-corrected chi connectivity index (χ0v) is 18.2. The summed E-state index contributed by atoms with van der Waals surface area (Å²) >= 11 is 17.7. The van der Waals surface area contributed by atoms with E-state index in [2.05, 4.69) is 5.48 Å². The number of hydrogen-bond donors (Lipinski definition) is 2. The van der Waals surface area contributed by atoms with Crippen LogP contribution in [0.1, 0.15) is 16.7 Å². The van der Waals surface area contributed by atoms with Crippen LogP contribution in [-0.2, 0) is 16.1 Å². The van der Waals surface area contributed by atoms with E-state index in [1.54, 1.807) is 0 Å². The number of amides is 2. The molecule has 2 aromatic carbocycles. The molecule has 2 aromatic rings. The van der Waals surface area contributed by atoms with E-state index < -0.39 is 23.5 Å². The predicted octanol–water partition coefficient (Wildman–Crippen LogP) is 5.54. The lowest BCUT2D eigenvalue weighted by Crippen LogP contribution is -2.60. The third-order valence-electron chi connectivity index (χ3n) is 5.41. The van der Waals surface area contributed by atoms with Crippen LogP contribution in [0, 0.1) is 0 Å². The number of hydroxylamine groups is 1. The van der Waals surface area contributed by atoms with Crippen LogP contribution in [0.4, 0.5) is 22.4 Å². The summed E-state index contributed by atoms with van der Waals surface area (Å²) in [5.41, 5.74) is 2.99. The van der Waals surface area contributed by atoms with Gasteiger partial charge in [0.2, 0.25) is 5.60 Å². The molecule has 170 valence electrons. The number of primary amides is 1. The van der Waals surface area contributed by atoms with Gasteiger partial charge >= 0.3 is 12.2 Å². The lowest BCUT2D eigenvalue weighted by atomic mass is 9.87. The number of urea groups is 1. The van der Waals surface area contributed by atoms with E-state index in [0.717, 1.165) is 23.1 Å². The molecule has 32 heavy (non-hydrogen) atoms. The van der Waals surface area contributed by atoms with Crippen molar-refractivity contribution in [2.24, 2.45) is 5.73 Å². The lowest BCUT2D eigenvalue weighted by molar-refractivity contribution is -0.269. The van der Waals surface area contributed by atoms with Gasteiger partial charge in [-0.1, -0.05) is 59.1 Å². The van der Waals surface area contributed by atoms with Crippen molar-refractivity contribution in [1.29, 1.82) is 0 Å². The first-order chi connectivity index (χ1) is 14.9. The van der Waals surface area contributed by atoms with Gasteiger partial charge in [-0.05, 0) is 29.3 Å². The van der Waals surface area contributed by atoms with E-state index in [9.17, 15) is 22.4 Å². The second kappa shape index (κ2) is 7.69. The Bertz CT molecular complexity index is 1100. The van der Waals surface area contributed by atoms with Gasteiger partial charge in [0, 0.05) is 5.56 Å². The van der Waals surface area contributed by atoms with Crippen LogP contribution in [0.3, 0.4) is 0 Å². The summed E-state index contributed by atoms with van der Waals surface area (Å²) in [5.74, 6) is 0. The van der Waals surface area contributed by atoms with E-state index in [-0.39, 0.29) is 45.0 Å². The molecule has 5 nitrogen and oxygen atoms in total. The topological polar surface area (TPSA) is 67.6 Å². The maximum atomic E-state index is 14.9. The molecule has 2 heterocycles. The molecule has 0 saturated carbocycles. The lowest BCUT2D eigenvalue weighted by Gasteiger charge is -2.43. The fourth-order valence-electron chi connectivity index (χ4n) is 3.60. The van der Waals surface area contributed by atoms with Crippen molar-refractivity contribution in [1.82, 2.24) is 10.4 Å². The maximum absolute atomic E-state index is 14.9. The Kier molecular flexibility index (Phi) is 5.52. The van der Waals surface area contributed by atoms with E-state index in [1.165, 1.54) is 24.3 Å². The molecule has 1 fully saturated rings. The number of halogens is 7. The van der Waals surface area contributed by atoms with Gasteiger partial charge in [-0.3, -0.25) is 10.3 Å². The van der Waals surface area contributed by atoms with Crippen molar-refractivity contribution in [3.05, 3.63) is 74.2 Å². The SMILES string of the molecule is NC(=O)N1CC(F)(c2ccc(C3=CC(c4cc(Cl)c(Cl)c(Cl)c4)(C(F)(F)F)ON3)cc2)C1. The number of likely N-dealkylation sites (tertiary alicyclic amines) is 1. The van der Waals surface area contributed by atoms with E-state index in [0.29, 0.717) is 5.56 Å². The molecule has 0 radical (unpaired) electrons. The number of carbonyl (C=O) groups is 1. The smallest absolute Gasteiger partial charge is 0.351 e. The zero-order valence-electron chi connectivity index (χ0n) is 15.9. The highest BCUT2D eigenvalue weighted by atomic mass is 35.5. The third-order valence-corrected chi connectivity index (χ3v) is 6.61. The summed E-state index contributed by atoms with van der Waals surface area (Å²) in [6.07, 6.45) is -4.03. The Morgan fingerprint density at radius 3 is 2.12 bits per heavy atom. The highest BCUT2D eigenvalue weighted by molar-refractivity contribution is 6.48. The van der Waals surface area contributed by atoms with Gasteiger partial charge in [0.05, 0.1) is 33.9 Å². The minimum atomic E-state index is -4.88. The Balaban J connectivity index is 1.67. The van der Waals surface area contributed by atoms with E-state index >= 15 is 0 Å². The van der Waals surface area contributed by atoms with Crippen molar-refractivity contribution in [3.8, 4) is 0 Å². The fourth-order valence-corrected chi connectivity index (χ4v) is 4.20. The van der Waals surface area contributed by atoms with Crippen molar-refractivity contribution < 1.29 is 27.2 Å². The van der Waals surface area contributed by atoms with E-state index in [4.69, 9.17) is 45.4 Å². The second-order valence-electron chi connectivity index (χ2n) is 7.49. The zero-order chi connectivity index (χ0) is 23.5. The average molecular weight is 511 g/mol. The Morgan fingerprint density at radius 2 is 1.62 bits per heavy atom. The Morgan fingerprint density at radius 1 is 1.06 bits per heavy atom. The van der Waals surface area contributed by atoms with Crippen molar-refractivity contribution in [3.63, 3.8) is 0 Å². The third kappa shape index (κ3) is 3.67. The summed E-state index contributed by atoms with van der Waals surface area (Å²) in [7, 11) is 0. The normalized spacial score (nSPS) is 22.2. The quantitative estimate of drug-likeness (QED) is 0.421. The summed E-state index contributed by atoms with van der Waals surface area (Å²) < 4.78 is 57.2. The summed E-state index contributed by atoms with van der Waals surface area (Å²) in [4.78, 5) is 17.2. The highest BCUT2D eigenvalue weighted by Crippen LogP contribution is 2.49. The number of hydrogen-bond acceptors (Lipinski definition) is 3. The van der Waals surface area contributed by atoms with Crippen LogP contribution in [0.5, 0.6) is 0 Å². The summed E-state index contributed by atoms with van der Waals surface area (Å²) in [6.45, 7) is -0.387. The van der Waals surface area contributed by atoms with Crippen LogP contribution in [0.25, 0.3) is 5.70 Å². The van der Waals surface area contributed by atoms with Crippen LogP contribution < -0.4 is 11.2 Å². The first-order valence-electron chi connectivity index (χ1n) is 9.09. The average Bonchev–Trinajstić information content (AvgIpc) is 3.16. The molecule has 1 saturated heterocycles. The monoisotopic (exact) mass is 509 g/mol. The van der Waals surface area contributed by atoms with Crippen molar-refractivity contribution in [2.45, 2.75) is 17.4 Å². The number of alkyl halides is 4. The summed E-state index contributed by atoms with van der Waals surface area (Å²) in [5, 5.41) is -0.399. The molecule has 1 unspecified atom stereocenters. The highest BCUT2D eigenvalue weighted by Gasteiger charge is 2.60. The molecule has 3 N–H and O–H groups in total. The molecule has 0 bridgehead atoms. The van der Waals surface area contributed by atoms with Gasteiger partial charge in [-0.2, -0.15) is 13.2 Å². The largest absolute Gasteiger partial charge is 0.428 e. The summed E-state index contributed by atoms with van der Waals surface area (Å²) in [6, 6.07) is 7.08. The standard InChI is InChI=1S/C20H14Cl3F4N3O2/c21-13-5-12(6-14(22)16(13)23)19(20(25,26)27)7-15(29-32-19)10-1-3-11(4-2-10)18(24)8-30(9-18)17(28)31/h1-7,29H,8-9H2,(H2,28,31). The second-order valence-corrected chi connectivity index (χ2v) is 8.68. The minimum Gasteiger partial charge on any atom is -0.351 e. The number of rotatable bonds is 3. The Labute approximate surface area is 194 Å². The fraction of sp³-hybridized carbons (Fsp3) is 0.250. The van der Waals surface area contributed by atoms with Gasteiger partial charge in [0.15, 0.2) is 5.67 Å². The Hall–Kier alpha value is -2.20. The molecule has 1 atom stereocenters. The van der Waals surface area contributed by atoms with Gasteiger partial charge in [-0.15, -0.1) is 0 Å². The number of benzene rings is 2. The molecule has 2 aliphatic rings. The molecular weight excluding hydrogens is 497 g/mol. The van der Waals surface area contributed by atoms with Gasteiger partial charge < -0.3 is 10.6 Å². The van der Waals surface area contributed by atoms with Gasteiger partial charge in [0.1, 0.15) is 0 Å². The van der Waals surface area contributed by atoms with Crippen LogP contribution >= 0.6 is 34.8 Å². The van der Waals surface area contributed by atoms with Crippen LogP contribution in [0.2, 0.25) is 15.1 Å². The molecular formula is C20H14Cl3F4N3O2. The molecule has 0 spiro atoms. The number of nitrogens with zero attached hydrogens (tertiary/aromatic N) is 1. The molecule has 12 heteroatoms. The predicted molar refractivity (Wildman–Crippen MR) is 112 cm³/mol. The van der Waals surface area contributed by atoms with Crippen molar-refractivity contribution >= 4 is 46.5 Å². The maximum Gasteiger partial charge on any atom is 0.428 e. The number of nitrogens with two attached hydrogens (primary N) is 1. The molecule has 0 aliphatic carbocycles. The first kappa shape index (κ1) is 23.0. The first-order valence-corrected chi connectivity index (χ1v) is 10.2. The molecule has 0 aromatic heterocycles. The van der Waals surface area contributed by atoms with Gasteiger partial charge in [-0.25, -0.2) is 9.18 Å². The number of carbonyl (C=O) groups excluding carboxylic acids is 1. The van der Waals surface area contributed by atoms with Crippen LogP contribution in [-0.4, -0.2) is 30.2 Å². The molecule has 4 rings (SSSR count). The molecule has 2 aliphatic heterocycles. The van der Waals surface area contributed by atoms with Crippen molar-refractivity contribution in [2.75, 3.05) is 13.1 Å². The van der Waals surface area contributed by atoms with Crippen LogP contribution in [0.15, 0.2) is 42.5 Å². The van der Waals surface area contributed by atoms with E-state index in [1.807, 2.05) is 0 Å². The van der Waals surface area contributed by atoms with Gasteiger partial charge in [0.25, 0.3) is 0 Å². The number of nitrogens with one attached hydrogen (secondary N) is 1.